The number of rotatable bonds is 3. The SMILES string of the molecule is CC1CNCC1C(=O)NC1CCCC1CO. The van der Waals surface area contributed by atoms with E-state index in [1.807, 2.05) is 0 Å². The molecule has 2 rings (SSSR count). The van der Waals surface area contributed by atoms with Gasteiger partial charge in [0.15, 0.2) is 0 Å². The summed E-state index contributed by atoms with van der Waals surface area (Å²) in [7, 11) is 0. The summed E-state index contributed by atoms with van der Waals surface area (Å²) in [6, 6.07) is 0.199. The minimum Gasteiger partial charge on any atom is -0.396 e. The molecular weight excluding hydrogens is 204 g/mol. The molecule has 2 fully saturated rings. The Bertz CT molecular complexity index is 257. The molecule has 1 aliphatic carbocycles. The molecule has 1 saturated heterocycles. The van der Waals surface area contributed by atoms with Crippen molar-refractivity contribution >= 4 is 5.91 Å². The highest BCUT2D eigenvalue weighted by Crippen LogP contribution is 2.26. The predicted molar refractivity (Wildman–Crippen MR) is 61.9 cm³/mol. The average molecular weight is 226 g/mol. The van der Waals surface area contributed by atoms with Crippen molar-refractivity contribution in [3.63, 3.8) is 0 Å². The number of hydrogen-bond acceptors (Lipinski definition) is 3. The van der Waals surface area contributed by atoms with Crippen LogP contribution in [0.25, 0.3) is 0 Å². The number of carbonyl (C=O) groups is 1. The quantitative estimate of drug-likeness (QED) is 0.640. The maximum atomic E-state index is 12.0. The molecule has 1 amide bonds. The van der Waals surface area contributed by atoms with Crippen LogP contribution in [0.1, 0.15) is 26.2 Å². The van der Waals surface area contributed by atoms with E-state index in [4.69, 9.17) is 0 Å². The molecule has 1 heterocycles. The summed E-state index contributed by atoms with van der Waals surface area (Å²) >= 11 is 0. The number of nitrogens with one attached hydrogen (secondary N) is 2. The van der Waals surface area contributed by atoms with Crippen LogP contribution >= 0.6 is 0 Å². The molecule has 0 bridgehead atoms. The number of carbonyl (C=O) groups excluding carboxylic acids is 1. The van der Waals surface area contributed by atoms with E-state index >= 15 is 0 Å². The Balaban J connectivity index is 1.86. The third-order valence-electron chi connectivity index (χ3n) is 4.08. The minimum absolute atomic E-state index is 0.111. The van der Waals surface area contributed by atoms with Crippen molar-refractivity contribution in [2.45, 2.75) is 32.2 Å². The van der Waals surface area contributed by atoms with Crippen molar-refractivity contribution in [2.24, 2.45) is 17.8 Å². The van der Waals surface area contributed by atoms with Crippen LogP contribution in [-0.2, 0) is 4.79 Å². The van der Waals surface area contributed by atoms with Crippen molar-refractivity contribution in [1.29, 1.82) is 0 Å². The van der Waals surface area contributed by atoms with Gasteiger partial charge in [-0.05, 0) is 25.3 Å². The number of hydrogen-bond donors (Lipinski definition) is 3. The Morgan fingerprint density at radius 2 is 2.25 bits per heavy atom. The van der Waals surface area contributed by atoms with Crippen LogP contribution in [0.3, 0.4) is 0 Å². The van der Waals surface area contributed by atoms with Gasteiger partial charge in [0.1, 0.15) is 0 Å². The highest BCUT2D eigenvalue weighted by Gasteiger charge is 2.33. The van der Waals surface area contributed by atoms with E-state index in [0.717, 1.165) is 32.4 Å². The lowest BCUT2D eigenvalue weighted by atomic mass is 9.96. The fraction of sp³-hybridized carbons (Fsp3) is 0.917. The zero-order valence-electron chi connectivity index (χ0n) is 9.91. The van der Waals surface area contributed by atoms with Crippen LogP contribution in [0, 0.1) is 17.8 Å². The Kier molecular flexibility index (Phi) is 3.82. The third-order valence-corrected chi connectivity index (χ3v) is 4.08. The summed E-state index contributed by atoms with van der Waals surface area (Å²) in [6.07, 6.45) is 3.18. The van der Waals surface area contributed by atoms with Crippen molar-refractivity contribution in [3.05, 3.63) is 0 Å². The lowest BCUT2D eigenvalue weighted by Gasteiger charge is -2.22. The maximum absolute atomic E-state index is 12.0. The molecule has 16 heavy (non-hydrogen) atoms. The van der Waals surface area contributed by atoms with Crippen LogP contribution < -0.4 is 10.6 Å². The van der Waals surface area contributed by atoms with Gasteiger partial charge in [0, 0.05) is 25.1 Å². The van der Waals surface area contributed by atoms with Gasteiger partial charge in [-0.1, -0.05) is 13.3 Å². The van der Waals surface area contributed by atoms with Crippen LogP contribution in [0.5, 0.6) is 0 Å². The van der Waals surface area contributed by atoms with Crippen molar-refractivity contribution in [1.82, 2.24) is 10.6 Å². The van der Waals surface area contributed by atoms with E-state index in [-0.39, 0.29) is 30.4 Å². The Hall–Kier alpha value is -0.610. The van der Waals surface area contributed by atoms with Crippen molar-refractivity contribution in [3.8, 4) is 0 Å². The van der Waals surface area contributed by atoms with Gasteiger partial charge in [-0.25, -0.2) is 0 Å². The Labute approximate surface area is 96.8 Å². The molecule has 2 aliphatic rings. The zero-order valence-corrected chi connectivity index (χ0v) is 9.91. The first-order valence-corrected chi connectivity index (χ1v) is 6.34. The molecule has 0 aromatic heterocycles. The number of aliphatic hydroxyl groups excluding tert-OH is 1. The molecule has 92 valence electrons. The van der Waals surface area contributed by atoms with E-state index < -0.39 is 0 Å². The summed E-state index contributed by atoms with van der Waals surface area (Å²) in [5.74, 6) is 0.977. The first-order valence-electron chi connectivity index (χ1n) is 6.34. The molecule has 4 nitrogen and oxygen atoms in total. The normalized spacial score (nSPS) is 38.9. The van der Waals surface area contributed by atoms with E-state index in [2.05, 4.69) is 17.6 Å². The molecular formula is C12H22N2O2. The second-order valence-corrected chi connectivity index (χ2v) is 5.23. The zero-order chi connectivity index (χ0) is 11.5. The van der Waals surface area contributed by atoms with Gasteiger partial charge < -0.3 is 15.7 Å². The monoisotopic (exact) mass is 226 g/mol. The van der Waals surface area contributed by atoms with Crippen molar-refractivity contribution in [2.75, 3.05) is 19.7 Å². The molecule has 1 aliphatic heterocycles. The average Bonchev–Trinajstić information content (AvgIpc) is 2.86. The minimum atomic E-state index is 0.111. The van der Waals surface area contributed by atoms with E-state index in [1.165, 1.54) is 0 Å². The van der Waals surface area contributed by atoms with E-state index in [1.54, 1.807) is 0 Å². The predicted octanol–water partition coefficient (Wildman–Crippen LogP) is 0.119. The van der Waals surface area contributed by atoms with Gasteiger partial charge in [0.25, 0.3) is 0 Å². The molecule has 4 unspecified atom stereocenters. The second kappa shape index (κ2) is 5.15. The molecule has 0 aromatic rings. The fourth-order valence-electron chi connectivity index (χ4n) is 2.90. The summed E-state index contributed by atoms with van der Waals surface area (Å²) < 4.78 is 0. The van der Waals surface area contributed by atoms with Crippen LogP contribution in [0.15, 0.2) is 0 Å². The van der Waals surface area contributed by atoms with Crippen LogP contribution in [0.4, 0.5) is 0 Å². The second-order valence-electron chi connectivity index (χ2n) is 5.23. The Morgan fingerprint density at radius 3 is 2.88 bits per heavy atom. The van der Waals surface area contributed by atoms with E-state index in [0.29, 0.717) is 5.92 Å². The molecule has 0 aromatic carbocycles. The summed E-state index contributed by atoms with van der Waals surface area (Å²) in [6.45, 7) is 4.04. The standard InChI is InChI=1S/C12H22N2O2/c1-8-5-13-6-10(8)12(16)14-11-4-2-3-9(11)7-15/h8-11,13,15H,2-7H2,1H3,(H,14,16). The summed E-state index contributed by atoms with van der Waals surface area (Å²) in [5.41, 5.74) is 0. The van der Waals surface area contributed by atoms with Gasteiger partial charge in [-0.3, -0.25) is 4.79 Å². The van der Waals surface area contributed by atoms with Crippen molar-refractivity contribution < 1.29 is 9.90 Å². The summed E-state index contributed by atoms with van der Waals surface area (Å²) in [5, 5.41) is 15.6. The van der Waals surface area contributed by atoms with Gasteiger partial charge in [-0.2, -0.15) is 0 Å². The number of amides is 1. The smallest absolute Gasteiger partial charge is 0.224 e. The lowest BCUT2D eigenvalue weighted by molar-refractivity contribution is -0.126. The summed E-state index contributed by atoms with van der Waals surface area (Å²) in [4.78, 5) is 12.0. The maximum Gasteiger partial charge on any atom is 0.224 e. The molecule has 4 atom stereocenters. The van der Waals surface area contributed by atoms with Gasteiger partial charge in [-0.15, -0.1) is 0 Å². The van der Waals surface area contributed by atoms with Crippen LogP contribution in [-0.4, -0.2) is 36.8 Å². The van der Waals surface area contributed by atoms with E-state index in [9.17, 15) is 9.90 Å². The molecule has 0 radical (unpaired) electrons. The largest absolute Gasteiger partial charge is 0.396 e. The van der Waals surface area contributed by atoms with Crippen LogP contribution in [0.2, 0.25) is 0 Å². The Morgan fingerprint density at radius 1 is 1.44 bits per heavy atom. The molecule has 4 heteroatoms. The highest BCUT2D eigenvalue weighted by atomic mass is 16.3. The van der Waals surface area contributed by atoms with Gasteiger partial charge in [0.2, 0.25) is 5.91 Å². The van der Waals surface area contributed by atoms with Gasteiger partial charge >= 0.3 is 0 Å². The highest BCUT2D eigenvalue weighted by molar-refractivity contribution is 5.79. The molecule has 0 spiro atoms. The first-order chi connectivity index (χ1) is 7.72. The topological polar surface area (TPSA) is 61.4 Å². The third kappa shape index (κ3) is 2.38. The molecule has 3 N–H and O–H groups in total. The number of aliphatic hydroxyl groups is 1. The molecule has 1 saturated carbocycles. The van der Waals surface area contributed by atoms with Gasteiger partial charge in [0.05, 0.1) is 5.92 Å². The lowest BCUT2D eigenvalue weighted by Crippen LogP contribution is -2.43. The fourth-order valence-corrected chi connectivity index (χ4v) is 2.90. The first kappa shape index (κ1) is 11.9.